The summed E-state index contributed by atoms with van der Waals surface area (Å²) in [5, 5.41) is 3.45. The molecule has 0 aromatic heterocycles. The molecule has 0 aliphatic heterocycles. The molecule has 0 bridgehead atoms. The maximum atomic E-state index is 6.26. The molecule has 3 rings (SSSR count). The van der Waals surface area contributed by atoms with E-state index in [4.69, 9.17) is 4.65 Å². The molecular formula is C24H30BNO. The number of rotatable bonds is 9. The van der Waals surface area contributed by atoms with E-state index in [-0.39, 0.29) is 14.3 Å². The monoisotopic (exact) mass is 359 g/mol. The summed E-state index contributed by atoms with van der Waals surface area (Å²) >= 11 is 0. The molecule has 3 aromatic rings. The minimum Gasteiger partial charge on any atom is -0.426 e. The molecule has 0 aliphatic rings. The summed E-state index contributed by atoms with van der Waals surface area (Å²) in [6.45, 7) is 4.51. The van der Waals surface area contributed by atoms with Crippen LogP contribution in [0.25, 0.3) is 0 Å². The molecular weight excluding hydrogens is 329 g/mol. The van der Waals surface area contributed by atoms with Crippen LogP contribution >= 0.6 is 0 Å². The van der Waals surface area contributed by atoms with Gasteiger partial charge in [0.1, 0.15) is 0 Å². The smallest absolute Gasteiger partial charge is 0.361 e. The van der Waals surface area contributed by atoms with Crippen LogP contribution < -0.4 is 16.2 Å². The zero-order valence-electron chi connectivity index (χ0n) is 15.4. The van der Waals surface area contributed by atoms with Gasteiger partial charge >= 0.3 is 6.92 Å². The summed E-state index contributed by atoms with van der Waals surface area (Å²) in [6.07, 6.45) is 1.06. The van der Waals surface area contributed by atoms with Gasteiger partial charge in [0.2, 0.25) is 0 Å². The van der Waals surface area contributed by atoms with Crippen molar-refractivity contribution in [1.82, 2.24) is 5.32 Å². The van der Waals surface area contributed by atoms with Crippen LogP contribution in [0.2, 0.25) is 0 Å². The average Bonchev–Trinajstić information content (AvgIpc) is 2.72. The lowest BCUT2D eigenvalue weighted by atomic mass is 9.55. The maximum Gasteiger partial charge on any atom is 0.361 e. The van der Waals surface area contributed by atoms with Gasteiger partial charge in [-0.05, 0) is 28.5 Å². The third-order valence-electron chi connectivity index (χ3n) is 4.53. The number of benzene rings is 3. The van der Waals surface area contributed by atoms with Crippen molar-refractivity contribution in [2.24, 2.45) is 0 Å². The highest BCUT2D eigenvalue weighted by Crippen LogP contribution is 2.01. The van der Waals surface area contributed by atoms with Gasteiger partial charge in [-0.2, -0.15) is 0 Å². The Hall–Kier alpha value is -2.36. The van der Waals surface area contributed by atoms with Crippen molar-refractivity contribution in [3.05, 3.63) is 96.1 Å². The van der Waals surface area contributed by atoms with Gasteiger partial charge in [0.15, 0.2) is 0 Å². The zero-order valence-corrected chi connectivity index (χ0v) is 15.4. The fourth-order valence-corrected chi connectivity index (χ4v) is 3.02. The lowest BCUT2D eigenvalue weighted by molar-refractivity contribution is 0.328. The molecule has 0 saturated heterocycles. The Kier molecular flexibility index (Phi) is 8.83. The SMILES string of the molecule is C.CCc1ccc(B(OCCNCc2ccccc2)c2ccccc2)cc1. The van der Waals surface area contributed by atoms with Crippen LogP contribution in [0.3, 0.4) is 0 Å². The molecule has 27 heavy (non-hydrogen) atoms. The van der Waals surface area contributed by atoms with Gasteiger partial charge in [0.05, 0.1) is 0 Å². The molecule has 2 nitrogen and oxygen atoms in total. The van der Waals surface area contributed by atoms with Crippen LogP contribution in [0, 0.1) is 0 Å². The van der Waals surface area contributed by atoms with E-state index in [9.17, 15) is 0 Å². The van der Waals surface area contributed by atoms with E-state index in [1.165, 1.54) is 22.1 Å². The van der Waals surface area contributed by atoms with E-state index in [1.807, 2.05) is 12.1 Å². The molecule has 0 saturated carbocycles. The molecule has 0 unspecified atom stereocenters. The largest absolute Gasteiger partial charge is 0.426 e. The van der Waals surface area contributed by atoms with Crippen LogP contribution in [0.4, 0.5) is 0 Å². The van der Waals surface area contributed by atoms with Gasteiger partial charge in [-0.1, -0.05) is 99.3 Å². The molecule has 3 heteroatoms. The van der Waals surface area contributed by atoms with E-state index in [1.54, 1.807) is 0 Å². The number of hydrogen-bond acceptors (Lipinski definition) is 2. The fourth-order valence-electron chi connectivity index (χ4n) is 3.02. The van der Waals surface area contributed by atoms with Gasteiger partial charge in [-0.25, -0.2) is 0 Å². The van der Waals surface area contributed by atoms with E-state index >= 15 is 0 Å². The molecule has 3 aromatic carbocycles. The van der Waals surface area contributed by atoms with E-state index in [0.29, 0.717) is 6.61 Å². The van der Waals surface area contributed by atoms with Gasteiger partial charge < -0.3 is 9.97 Å². The molecule has 0 aliphatic carbocycles. The summed E-state index contributed by atoms with van der Waals surface area (Å²) in [6, 6.07) is 29.7. The first kappa shape index (κ1) is 21.0. The fraction of sp³-hybridized carbons (Fsp3) is 0.250. The molecule has 0 fully saturated rings. The third-order valence-corrected chi connectivity index (χ3v) is 4.53. The number of aryl methyl sites for hydroxylation is 1. The minimum absolute atomic E-state index is 0. The second kappa shape index (κ2) is 11.4. The summed E-state index contributed by atoms with van der Waals surface area (Å²) in [5.41, 5.74) is 5.05. The van der Waals surface area contributed by atoms with Crippen molar-refractivity contribution in [1.29, 1.82) is 0 Å². The Balaban J connectivity index is 0.00000261. The predicted octanol–water partition coefficient (Wildman–Crippen LogP) is 3.80. The van der Waals surface area contributed by atoms with Crippen LogP contribution in [0.1, 0.15) is 25.5 Å². The number of hydrogen-bond donors (Lipinski definition) is 1. The second-order valence-electron chi connectivity index (χ2n) is 6.42. The molecule has 140 valence electrons. The van der Waals surface area contributed by atoms with Crippen LogP contribution in [0.5, 0.6) is 0 Å². The van der Waals surface area contributed by atoms with Gasteiger partial charge in [-0.15, -0.1) is 0 Å². The molecule has 1 N–H and O–H groups in total. The summed E-state index contributed by atoms with van der Waals surface area (Å²) in [4.78, 5) is 0. The van der Waals surface area contributed by atoms with Crippen molar-refractivity contribution in [3.63, 3.8) is 0 Å². The van der Waals surface area contributed by atoms with Crippen molar-refractivity contribution >= 4 is 17.8 Å². The first-order valence-corrected chi connectivity index (χ1v) is 9.37. The maximum absolute atomic E-state index is 6.26. The molecule has 0 amide bonds. The molecule has 0 heterocycles. The quantitative estimate of drug-likeness (QED) is 0.464. The Morgan fingerprint density at radius 3 is 1.96 bits per heavy atom. The van der Waals surface area contributed by atoms with Crippen LogP contribution in [-0.4, -0.2) is 20.1 Å². The van der Waals surface area contributed by atoms with Gasteiger partial charge in [-0.3, -0.25) is 0 Å². The van der Waals surface area contributed by atoms with E-state index in [2.05, 4.69) is 85.0 Å². The Bertz CT molecular complexity index is 759. The first-order valence-electron chi connectivity index (χ1n) is 9.37. The lowest BCUT2D eigenvalue weighted by Gasteiger charge is -2.16. The molecule has 0 atom stereocenters. The normalized spacial score (nSPS) is 10.3. The van der Waals surface area contributed by atoms with E-state index in [0.717, 1.165) is 19.5 Å². The highest BCUT2D eigenvalue weighted by Gasteiger charge is 2.20. The molecule has 0 spiro atoms. The zero-order chi connectivity index (χ0) is 18.0. The third kappa shape index (κ3) is 6.39. The van der Waals surface area contributed by atoms with Crippen molar-refractivity contribution in [2.45, 2.75) is 27.3 Å². The average molecular weight is 359 g/mol. The Morgan fingerprint density at radius 2 is 1.33 bits per heavy atom. The summed E-state index contributed by atoms with van der Waals surface area (Å²) < 4.78 is 6.26. The van der Waals surface area contributed by atoms with Crippen molar-refractivity contribution < 1.29 is 4.65 Å². The topological polar surface area (TPSA) is 21.3 Å². The molecule has 0 radical (unpaired) electrons. The van der Waals surface area contributed by atoms with Crippen LogP contribution in [0.15, 0.2) is 84.9 Å². The predicted molar refractivity (Wildman–Crippen MR) is 118 cm³/mol. The number of nitrogens with one attached hydrogen (secondary N) is 1. The van der Waals surface area contributed by atoms with Gasteiger partial charge in [0, 0.05) is 19.7 Å². The second-order valence-corrected chi connectivity index (χ2v) is 6.42. The van der Waals surface area contributed by atoms with Crippen molar-refractivity contribution in [2.75, 3.05) is 13.2 Å². The lowest BCUT2D eigenvalue weighted by Crippen LogP contribution is -2.46. The Morgan fingerprint density at radius 1 is 0.741 bits per heavy atom. The highest BCUT2D eigenvalue weighted by atomic mass is 16.4. The first-order chi connectivity index (χ1) is 12.9. The minimum atomic E-state index is -0.0272. The van der Waals surface area contributed by atoms with Crippen LogP contribution in [-0.2, 0) is 17.6 Å². The highest BCUT2D eigenvalue weighted by molar-refractivity contribution is 6.80. The summed E-state index contributed by atoms with van der Waals surface area (Å²) in [5.74, 6) is 0. The standard InChI is InChI=1S/C23H26BNO.CH4/c1-2-20-13-15-23(16-14-20)24(22-11-7-4-8-12-22)26-18-17-25-19-21-9-5-3-6-10-21;/h3-16,25H,2,17-19H2,1H3;1H4. The Labute approximate surface area is 164 Å². The van der Waals surface area contributed by atoms with Gasteiger partial charge in [0.25, 0.3) is 0 Å². The van der Waals surface area contributed by atoms with E-state index < -0.39 is 0 Å². The van der Waals surface area contributed by atoms with Crippen molar-refractivity contribution in [3.8, 4) is 0 Å². The summed E-state index contributed by atoms with van der Waals surface area (Å²) in [7, 11) is 0.